The third-order valence-corrected chi connectivity index (χ3v) is 4.37. The van der Waals surface area contributed by atoms with Crippen molar-refractivity contribution in [3.05, 3.63) is 58.1 Å². The molecule has 2 aromatic heterocycles. The number of aromatic nitrogens is 3. The molecule has 0 aliphatic carbocycles. The molecule has 0 amide bonds. The zero-order valence-electron chi connectivity index (χ0n) is 14.6. The van der Waals surface area contributed by atoms with E-state index in [1.807, 2.05) is 0 Å². The van der Waals surface area contributed by atoms with Crippen molar-refractivity contribution in [1.29, 1.82) is 0 Å². The number of hydrogen-bond acceptors (Lipinski definition) is 4. The first-order valence-corrected chi connectivity index (χ1v) is 8.08. The highest BCUT2D eigenvalue weighted by molar-refractivity contribution is 5.85. The molecule has 9 heteroatoms. The summed E-state index contributed by atoms with van der Waals surface area (Å²) in [5, 5.41) is 13.0. The summed E-state index contributed by atoms with van der Waals surface area (Å²) in [7, 11) is 1.53. The summed E-state index contributed by atoms with van der Waals surface area (Å²) < 4.78 is 34.2. The highest BCUT2D eigenvalue weighted by Gasteiger charge is 2.25. The van der Waals surface area contributed by atoms with Crippen LogP contribution in [0.5, 0.6) is 5.75 Å². The quantitative estimate of drug-likeness (QED) is 0.714. The van der Waals surface area contributed by atoms with Gasteiger partial charge in [-0.05, 0) is 24.6 Å². The number of aliphatic carboxylic acids is 1. The van der Waals surface area contributed by atoms with Gasteiger partial charge in [-0.3, -0.25) is 4.79 Å². The minimum Gasteiger partial charge on any atom is -0.497 e. The Bertz CT molecular complexity index is 1040. The number of alkyl halides is 2. The highest BCUT2D eigenvalue weighted by Crippen LogP contribution is 2.29. The van der Waals surface area contributed by atoms with E-state index in [-0.39, 0.29) is 17.4 Å². The molecule has 0 aliphatic heterocycles. The van der Waals surface area contributed by atoms with E-state index in [1.165, 1.54) is 20.2 Å². The van der Waals surface area contributed by atoms with Gasteiger partial charge in [0.25, 0.3) is 12.0 Å². The Morgan fingerprint density at radius 3 is 2.52 bits per heavy atom. The SMILES string of the molecule is COc1ccc(Cn2ncc3c(c(C(F)F)cn3C(C)C(=O)O)c2=O)cc1. The standard InChI is InChI=1S/C18H17F2N3O4/c1-10(18(25)26)22-9-13(16(19)20)15-14(22)7-21-23(17(15)24)8-11-3-5-12(27-2)6-4-11/h3-7,9-10,16H,8H2,1-2H3,(H,25,26). The summed E-state index contributed by atoms with van der Waals surface area (Å²) in [6.45, 7) is 1.43. The average Bonchev–Trinajstić information content (AvgIpc) is 3.04. The normalized spacial score (nSPS) is 12.5. The average molecular weight is 377 g/mol. The van der Waals surface area contributed by atoms with E-state index in [4.69, 9.17) is 4.74 Å². The minimum absolute atomic E-state index is 0.0659. The number of carboxylic acids is 1. The van der Waals surface area contributed by atoms with Crippen molar-refractivity contribution in [2.45, 2.75) is 25.9 Å². The molecule has 27 heavy (non-hydrogen) atoms. The molecule has 0 bridgehead atoms. The molecule has 0 spiro atoms. The Kier molecular flexibility index (Phi) is 4.93. The first-order valence-electron chi connectivity index (χ1n) is 8.08. The van der Waals surface area contributed by atoms with Gasteiger partial charge in [0.05, 0.1) is 30.8 Å². The lowest BCUT2D eigenvalue weighted by Gasteiger charge is -2.10. The molecule has 1 atom stereocenters. The van der Waals surface area contributed by atoms with Crippen molar-refractivity contribution in [3.8, 4) is 5.75 Å². The second kappa shape index (κ2) is 7.18. The molecule has 3 rings (SSSR count). The maximum atomic E-state index is 13.5. The fourth-order valence-electron chi connectivity index (χ4n) is 2.85. The van der Waals surface area contributed by atoms with Crippen LogP contribution in [0.4, 0.5) is 8.78 Å². The summed E-state index contributed by atoms with van der Waals surface area (Å²) >= 11 is 0. The van der Waals surface area contributed by atoms with Crippen LogP contribution in [-0.4, -0.2) is 32.5 Å². The zero-order valence-corrected chi connectivity index (χ0v) is 14.6. The van der Waals surface area contributed by atoms with Crippen molar-refractivity contribution in [3.63, 3.8) is 0 Å². The summed E-state index contributed by atoms with van der Waals surface area (Å²) in [5.41, 5.74) is -0.401. The molecule has 1 aromatic carbocycles. The van der Waals surface area contributed by atoms with Crippen LogP contribution in [0.25, 0.3) is 10.9 Å². The number of fused-ring (bicyclic) bond motifs is 1. The Labute approximate surface area is 152 Å². The molecule has 1 N–H and O–H groups in total. The molecule has 142 valence electrons. The lowest BCUT2D eigenvalue weighted by Crippen LogP contribution is -2.24. The largest absolute Gasteiger partial charge is 0.497 e. The van der Waals surface area contributed by atoms with E-state index in [0.29, 0.717) is 5.75 Å². The van der Waals surface area contributed by atoms with Crippen LogP contribution >= 0.6 is 0 Å². The number of carboxylic acid groups (broad SMARTS) is 1. The molecular weight excluding hydrogens is 360 g/mol. The van der Waals surface area contributed by atoms with Gasteiger partial charge < -0.3 is 14.4 Å². The second-order valence-electron chi connectivity index (χ2n) is 6.02. The third kappa shape index (κ3) is 3.40. The number of halogens is 2. The maximum absolute atomic E-state index is 13.5. The fraction of sp³-hybridized carbons (Fsp3) is 0.278. The van der Waals surface area contributed by atoms with E-state index in [2.05, 4.69) is 5.10 Å². The van der Waals surface area contributed by atoms with E-state index in [1.54, 1.807) is 24.3 Å². The number of nitrogens with zero attached hydrogens (tertiary/aromatic N) is 3. The predicted molar refractivity (Wildman–Crippen MR) is 93.4 cm³/mol. The molecule has 0 fully saturated rings. The predicted octanol–water partition coefficient (Wildman–Crippen LogP) is 2.84. The second-order valence-corrected chi connectivity index (χ2v) is 6.02. The van der Waals surface area contributed by atoms with Crippen molar-refractivity contribution in [1.82, 2.24) is 14.3 Å². The lowest BCUT2D eigenvalue weighted by atomic mass is 10.2. The molecule has 2 heterocycles. The topological polar surface area (TPSA) is 86.3 Å². The number of methoxy groups -OCH3 is 1. The Hall–Kier alpha value is -3.23. The van der Waals surface area contributed by atoms with Crippen LogP contribution in [0, 0.1) is 0 Å². The molecular formula is C18H17F2N3O4. The van der Waals surface area contributed by atoms with Gasteiger partial charge >= 0.3 is 5.97 Å². The van der Waals surface area contributed by atoms with Crippen LogP contribution in [0.1, 0.15) is 30.5 Å². The number of ether oxygens (including phenoxy) is 1. The molecule has 0 radical (unpaired) electrons. The Balaban J connectivity index is 2.11. The lowest BCUT2D eigenvalue weighted by molar-refractivity contribution is -0.140. The van der Waals surface area contributed by atoms with Gasteiger partial charge in [0.1, 0.15) is 11.8 Å². The van der Waals surface area contributed by atoms with Gasteiger partial charge in [-0.2, -0.15) is 5.10 Å². The van der Waals surface area contributed by atoms with Crippen molar-refractivity contribution in [2.24, 2.45) is 0 Å². The van der Waals surface area contributed by atoms with Gasteiger partial charge in [0.2, 0.25) is 0 Å². The number of carbonyl (C=O) groups is 1. The van der Waals surface area contributed by atoms with Gasteiger partial charge in [-0.25, -0.2) is 18.3 Å². The number of rotatable bonds is 6. The van der Waals surface area contributed by atoms with Crippen LogP contribution < -0.4 is 10.3 Å². The van der Waals surface area contributed by atoms with E-state index in [9.17, 15) is 23.5 Å². The molecule has 0 aliphatic rings. The molecule has 0 saturated carbocycles. The molecule has 3 aromatic rings. The zero-order chi connectivity index (χ0) is 19.7. The molecule has 0 saturated heterocycles. The third-order valence-electron chi connectivity index (χ3n) is 4.37. The first kappa shape index (κ1) is 18.6. The summed E-state index contributed by atoms with van der Waals surface area (Å²) in [6.07, 6.45) is -0.667. The van der Waals surface area contributed by atoms with E-state index in [0.717, 1.165) is 21.0 Å². The smallest absolute Gasteiger partial charge is 0.326 e. The summed E-state index contributed by atoms with van der Waals surface area (Å²) in [5.74, 6) is -0.552. The maximum Gasteiger partial charge on any atom is 0.326 e. The van der Waals surface area contributed by atoms with Crippen molar-refractivity contribution < 1.29 is 23.4 Å². The monoisotopic (exact) mass is 377 g/mol. The highest BCUT2D eigenvalue weighted by atomic mass is 19.3. The van der Waals surface area contributed by atoms with Crippen LogP contribution in [-0.2, 0) is 11.3 Å². The number of benzene rings is 1. The molecule has 1 unspecified atom stereocenters. The summed E-state index contributed by atoms with van der Waals surface area (Å²) in [6, 6.07) is 5.80. The van der Waals surface area contributed by atoms with Crippen LogP contribution in [0.15, 0.2) is 41.5 Å². The van der Waals surface area contributed by atoms with Gasteiger partial charge in [-0.15, -0.1) is 0 Å². The fourth-order valence-corrected chi connectivity index (χ4v) is 2.85. The van der Waals surface area contributed by atoms with Crippen molar-refractivity contribution >= 4 is 16.9 Å². The van der Waals surface area contributed by atoms with Gasteiger partial charge in [-0.1, -0.05) is 12.1 Å². The Morgan fingerprint density at radius 2 is 1.96 bits per heavy atom. The van der Waals surface area contributed by atoms with Crippen molar-refractivity contribution in [2.75, 3.05) is 7.11 Å². The van der Waals surface area contributed by atoms with Crippen LogP contribution in [0.2, 0.25) is 0 Å². The first-order chi connectivity index (χ1) is 12.8. The minimum atomic E-state index is -2.92. The van der Waals surface area contributed by atoms with Gasteiger partial charge in [0, 0.05) is 11.8 Å². The summed E-state index contributed by atoms with van der Waals surface area (Å²) in [4.78, 5) is 24.0. The van der Waals surface area contributed by atoms with E-state index < -0.39 is 29.6 Å². The van der Waals surface area contributed by atoms with Gasteiger partial charge in [0.15, 0.2) is 0 Å². The van der Waals surface area contributed by atoms with E-state index >= 15 is 0 Å². The molecule has 7 nitrogen and oxygen atoms in total. The Morgan fingerprint density at radius 1 is 1.30 bits per heavy atom. The number of hydrogen-bond donors (Lipinski definition) is 1. The van der Waals surface area contributed by atoms with Crippen LogP contribution in [0.3, 0.4) is 0 Å².